The van der Waals surface area contributed by atoms with E-state index in [2.05, 4.69) is 10.2 Å². The van der Waals surface area contributed by atoms with Gasteiger partial charge in [0.15, 0.2) is 0 Å². The molecule has 0 aromatic heterocycles. The Labute approximate surface area is 195 Å². The van der Waals surface area contributed by atoms with E-state index in [0.717, 1.165) is 5.69 Å². The molecule has 32 heavy (non-hydrogen) atoms. The van der Waals surface area contributed by atoms with E-state index in [1.54, 1.807) is 12.1 Å². The summed E-state index contributed by atoms with van der Waals surface area (Å²) >= 11 is 6.71. The second-order valence-electron chi connectivity index (χ2n) is 6.92. The Morgan fingerprint density at radius 1 is 1.09 bits per heavy atom. The van der Waals surface area contributed by atoms with Crippen LogP contribution in [-0.2, 0) is 14.8 Å². The average molecular weight is 496 g/mol. The Morgan fingerprint density at radius 3 is 2.22 bits per heavy atom. The molecule has 0 aliphatic carbocycles. The number of primary sulfonamides is 1. The number of benzene rings is 2. The van der Waals surface area contributed by atoms with Crippen molar-refractivity contribution in [3.8, 4) is 0 Å². The highest BCUT2D eigenvalue weighted by atomic mass is 32.2. The summed E-state index contributed by atoms with van der Waals surface area (Å²) in [5.41, 5.74) is 1.44. The Morgan fingerprint density at radius 2 is 1.69 bits per heavy atom. The van der Waals surface area contributed by atoms with E-state index in [-0.39, 0.29) is 22.2 Å². The molecule has 1 saturated heterocycles. The third-order valence-corrected chi connectivity index (χ3v) is 7.21. The number of thioether (sulfide) groups is 1. The minimum atomic E-state index is -3.78. The van der Waals surface area contributed by atoms with E-state index in [9.17, 15) is 23.3 Å². The fraction of sp³-hybridized carbons (Fsp3) is 0.263. The predicted molar refractivity (Wildman–Crippen MR) is 128 cm³/mol. The van der Waals surface area contributed by atoms with Crippen molar-refractivity contribution in [3.05, 3.63) is 58.6 Å². The third-order valence-electron chi connectivity index (χ3n) is 4.76. The van der Waals surface area contributed by atoms with Gasteiger partial charge < -0.3 is 15.1 Å². The Hall–Kier alpha value is -2.74. The van der Waals surface area contributed by atoms with Gasteiger partial charge in [-0.15, -0.1) is 0 Å². The van der Waals surface area contributed by atoms with Crippen LogP contribution in [-0.4, -0.2) is 60.4 Å². The highest BCUT2D eigenvalue weighted by Crippen LogP contribution is 2.22. The first-order valence-electron chi connectivity index (χ1n) is 9.47. The maximum Gasteiger partial charge on any atom is 0.269 e. The predicted octanol–water partition coefficient (Wildman–Crippen LogP) is 2.02. The lowest BCUT2D eigenvalue weighted by atomic mass is 10.2. The van der Waals surface area contributed by atoms with Gasteiger partial charge in [0.1, 0.15) is 4.32 Å². The molecule has 0 radical (unpaired) electrons. The number of amides is 1. The van der Waals surface area contributed by atoms with Gasteiger partial charge in [-0.05, 0) is 36.4 Å². The number of hydrogen-bond acceptors (Lipinski definition) is 8. The molecule has 2 aromatic carbocycles. The average Bonchev–Trinajstić information content (AvgIpc) is 2.77. The van der Waals surface area contributed by atoms with Crippen LogP contribution in [0.5, 0.6) is 0 Å². The lowest BCUT2D eigenvalue weighted by molar-refractivity contribution is -0.384. The maximum atomic E-state index is 12.2. The molecule has 3 rings (SSSR count). The summed E-state index contributed by atoms with van der Waals surface area (Å²) < 4.78 is 23.2. The van der Waals surface area contributed by atoms with Crippen LogP contribution in [0.1, 0.15) is 0 Å². The van der Waals surface area contributed by atoms with Crippen LogP contribution in [0.2, 0.25) is 0 Å². The van der Waals surface area contributed by atoms with Crippen molar-refractivity contribution < 1.29 is 18.1 Å². The number of non-ortho nitro benzene ring substituents is 1. The summed E-state index contributed by atoms with van der Waals surface area (Å²) in [6, 6.07) is 12.0. The van der Waals surface area contributed by atoms with Gasteiger partial charge >= 0.3 is 0 Å². The molecule has 0 bridgehead atoms. The number of nitrogens with two attached hydrogens (primary N) is 1. The number of nitrogens with one attached hydrogen (secondary N) is 1. The fourth-order valence-electron chi connectivity index (χ4n) is 3.08. The number of hydrogen-bond donors (Lipinski definition) is 2. The van der Waals surface area contributed by atoms with Crippen LogP contribution in [0.4, 0.5) is 17.1 Å². The smallest absolute Gasteiger partial charge is 0.269 e. The van der Waals surface area contributed by atoms with Crippen LogP contribution < -0.4 is 15.4 Å². The SMILES string of the molecule is NS(=O)(=O)c1ccc(NC(=O)CSC(=S)N2CCN(c3ccc([N+](=O)[O-])cc3)CC2)cc1. The van der Waals surface area contributed by atoms with Crippen molar-refractivity contribution in [2.24, 2.45) is 5.14 Å². The lowest BCUT2D eigenvalue weighted by Gasteiger charge is -2.37. The number of carbonyl (C=O) groups is 1. The zero-order valence-electron chi connectivity index (χ0n) is 16.8. The van der Waals surface area contributed by atoms with Gasteiger partial charge in [-0.1, -0.05) is 24.0 Å². The minimum Gasteiger partial charge on any atom is -0.368 e. The van der Waals surface area contributed by atoms with E-state index >= 15 is 0 Å². The maximum absolute atomic E-state index is 12.2. The summed E-state index contributed by atoms with van der Waals surface area (Å²) in [6.07, 6.45) is 0. The van der Waals surface area contributed by atoms with Gasteiger partial charge in [-0.25, -0.2) is 13.6 Å². The minimum absolute atomic E-state index is 0.0288. The molecule has 1 heterocycles. The molecular formula is C19H21N5O5S3. The van der Waals surface area contributed by atoms with E-state index in [4.69, 9.17) is 17.4 Å². The molecule has 0 spiro atoms. The van der Waals surface area contributed by atoms with E-state index in [1.807, 2.05) is 4.90 Å². The number of rotatable bonds is 6. The van der Waals surface area contributed by atoms with Crippen molar-refractivity contribution >= 4 is 61.3 Å². The Balaban J connectivity index is 1.43. The first-order chi connectivity index (χ1) is 15.1. The summed E-state index contributed by atoms with van der Waals surface area (Å²) in [7, 11) is -3.78. The van der Waals surface area contributed by atoms with Gasteiger partial charge in [0, 0.05) is 49.7 Å². The largest absolute Gasteiger partial charge is 0.368 e. The van der Waals surface area contributed by atoms with Crippen molar-refractivity contribution in [2.75, 3.05) is 42.1 Å². The number of nitro benzene ring substituents is 1. The molecule has 170 valence electrons. The molecule has 10 nitrogen and oxygen atoms in total. The van der Waals surface area contributed by atoms with Crippen molar-refractivity contribution in [2.45, 2.75) is 4.90 Å². The number of sulfonamides is 1. The van der Waals surface area contributed by atoms with Gasteiger partial charge in [-0.2, -0.15) is 0 Å². The molecule has 1 aliphatic heterocycles. The number of thiocarbonyl (C=S) groups is 1. The number of carbonyl (C=O) groups excluding carboxylic acids is 1. The Kier molecular flexibility index (Phi) is 7.66. The van der Waals surface area contributed by atoms with Crippen LogP contribution >= 0.6 is 24.0 Å². The first-order valence-corrected chi connectivity index (χ1v) is 12.4. The molecule has 13 heteroatoms. The molecule has 0 atom stereocenters. The van der Waals surface area contributed by atoms with Crippen LogP contribution in [0.3, 0.4) is 0 Å². The van der Waals surface area contributed by atoms with Crippen molar-refractivity contribution in [3.63, 3.8) is 0 Å². The molecule has 2 aromatic rings. The standard InChI is InChI=1S/C19H21N5O5S3/c20-32(28,29)17-7-1-14(2-8-17)21-18(25)13-31-19(30)23-11-9-22(10-12-23)15-3-5-16(6-4-15)24(26)27/h1-8H,9-13H2,(H,21,25)(H2,20,28,29). The van der Waals surface area contributed by atoms with Gasteiger partial charge in [0.05, 0.1) is 15.6 Å². The van der Waals surface area contributed by atoms with E-state index in [0.29, 0.717) is 36.2 Å². The number of anilines is 2. The summed E-state index contributed by atoms with van der Waals surface area (Å²) in [5.74, 6) is -0.136. The third kappa shape index (κ3) is 6.38. The van der Waals surface area contributed by atoms with E-state index in [1.165, 1.54) is 48.2 Å². The van der Waals surface area contributed by atoms with Crippen LogP contribution in [0.25, 0.3) is 0 Å². The number of piperazine rings is 1. The molecule has 3 N–H and O–H groups in total. The van der Waals surface area contributed by atoms with Crippen molar-refractivity contribution in [1.82, 2.24) is 4.90 Å². The normalized spacial score (nSPS) is 14.2. The van der Waals surface area contributed by atoms with Crippen molar-refractivity contribution in [1.29, 1.82) is 0 Å². The van der Waals surface area contributed by atoms with Crippen LogP contribution in [0.15, 0.2) is 53.4 Å². The van der Waals surface area contributed by atoms with Gasteiger partial charge in [0.2, 0.25) is 15.9 Å². The highest BCUT2D eigenvalue weighted by molar-refractivity contribution is 8.23. The molecule has 1 fully saturated rings. The summed E-state index contributed by atoms with van der Waals surface area (Å²) in [5, 5.41) is 18.5. The quantitative estimate of drug-likeness (QED) is 0.350. The zero-order chi connectivity index (χ0) is 23.3. The number of nitro groups is 1. The lowest BCUT2D eigenvalue weighted by Crippen LogP contribution is -2.47. The fourth-order valence-corrected chi connectivity index (χ4v) is 4.64. The monoisotopic (exact) mass is 495 g/mol. The second kappa shape index (κ2) is 10.3. The first kappa shape index (κ1) is 23.9. The Bertz CT molecular complexity index is 1100. The second-order valence-corrected chi connectivity index (χ2v) is 10.1. The highest BCUT2D eigenvalue weighted by Gasteiger charge is 2.20. The summed E-state index contributed by atoms with van der Waals surface area (Å²) in [6.45, 7) is 2.78. The zero-order valence-corrected chi connectivity index (χ0v) is 19.3. The molecule has 1 aliphatic rings. The molecule has 0 saturated carbocycles. The van der Waals surface area contributed by atoms with Gasteiger partial charge in [-0.3, -0.25) is 14.9 Å². The molecule has 1 amide bonds. The van der Waals surface area contributed by atoms with Crippen LogP contribution in [0, 0.1) is 10.1 Å². The molecule has 0 unspecified atom stereocenters. The molecular weight excluding hydrogens is 474 g/mol. The number of nitrogens with zero attached hydrogens (tertiary/aromatic N) is 3. The topological polar surface area (TPSA) is 139 Å². The van der Waals surface area contributed by atoms with Gasteiger partial charge in [0.25, 0.3) is 5.69 Å². The van der Waals surface area contributed by atoms with E-state index < -0.39 is 14.9 Å². The summed E-state index contributed by atoms with van der Waals surface area (Å²) in [4.78, 5) is 26.7.